The van der Waals surface area contributed by atoms with Crippen molar-refractivity contribution in [3.05, 3.63) is 13.2 Å². The van der Waals surface area contributed by atoms with E-state index in [0.717, 1.165) is 0 Å². The van der Waals surface area contributed by atoms with E-state index in [1.165, 1.54) is 25.9 Å². The number of hydrogen-bond acceptors (Lipinski definition) is 1. The van der Waals surface area contributed by atoms with Gasteiger partial charge in [0.05, 0.1) is 0 Å². The Balaban J connectivity index is 0. The summed E-state index contributed by atoms with van der Waals surface area (Å²) in [6, 6.07) is 0. The molecule has 0 saturated carbocycles. The van der Waals surface area contributed by atoms with E-state index in [-0.39, 0.29) is 17.1 Å². The van der Waals surface area contributed by atoms with Gasteiger partial charge in [0, 0.05) is 17.1 Å². The molecule has 1 heterocycles. The predicted molar refractivity (Wildman–Crippen MR) is 33.4 cm³/mol. The zero-order chi connectivity index (χ0) is 5.54. The van der Waals surface area contributed by atoms with Crippen LogP contribution >= 0.6 is 0 Å². The molecule has 1 rings (SSSR count). The van der Waals surface area contributed by atoms with Gasteiger partial charge in [0.15, 0.2) is 0 Å². The van der Waals surface area contributed by atoms with Crippen LogP contribution in [0.3, 0.4) is 0 Å². The zero-order valence-electron chi connectivity index (χ0n) is 5.04. The van der Waals surface area contributed by atoms with Crippen LogP contribution in [-0.4, -0.2) is 13.1 Å². The van der Waals surface area contributed by atoms with Gasteiger partial charge >= 0.3 is 0 Å². The summed E-state index contributed by atoms with van der Waals surface area (Å²) in [4.78, 5) is 0. The fourth-order valence-corrected chi connectivity index (χ4v) is 0.625. The van der Waals surface area contributed by atoms with Gasteiger partial charge in [0.1, 0.15) is 0 Å². The van der Waals surface area contributed by atoms with Crippen LogP contribution in [0.25, 0.3) is 0 Å². The third kappa shape index (κ3) is 6.22. The average molecular weight is 163 g/mol. The predicted octanol–water partition coefficient (Wildman–Crippen LogP) is 1.17. The van der Waals surface area contributed by atoms with E-state index < -0.39 is 0 Å². The van der Waals surface area contributed by atoms with Gasteiger partial charge in [-0.1, -0.05) is 0 Å². The van der Waals surface area contributed by atoms with E-state index in [9.17, 15) is 0 Å². The zero-order valence-corrected chi connectivity index (χ0v) is 5.99. The van der Waals surface area contributed by atoms with Crippen LogP contribution in [0, 0.1) is 0 Å². The Morgan fingerprint density at radius 3 is 1.50 bits per heavy atom. The smallest absolute Gasteiger partial charge is 0 e. The van der Waals surface area contributed by atoms with Crippen LogP contribution in [0.1, 0.15) is 12.8 Å². The van der Waals surface area contributed by atoms with Gasteiger partial charge in [-0.25, -0.2) is 0 Å². The second-order valence-electron chi connectivity index (χ2n) is 1.46. The molecule has 0 aromatic heterocycles. The summed E-state index contributed by atoms with van der Waals surface area (Å²) >= 11 is 0. The van der Waals surface area contributed by atoms with Crippen molar-refractivity contribution >= 4 is 0 Å². The number of rotatable bonds is 0. The minimum atomic E-state index is 0. The van der Waals surface area contributed by atoms with E-state index in [1.807, 2.05) is 0 Å². The molecule has 1 radical (unpaired) electrons. The van der Waals surface area contributed by atoms with Gasteiger partial charge in [-0.05, 0) is 25.9 Å². The Labute approximate surface area is 62.0 Å². The molecule has 0 amide bonds. The minimum Gasteiger partial charge on any atom is -0.317 e. The van der Waals surface area contributed by atoms with Gasteiger partial charge in [-0.15, -0.1) is 13.2 Å². The van der Waals surface area contributed by atoms with E-state index >= 15 is 0 Å². The molecule has 0 aromatic carbocycles. The minimum absolute atomic E-state index is 0. The maximum Gasteiger partial charge on any atom is 0 e. The molecule has 0 aromatic rings. The molecule has 1 aliphatic rings. The molecule has 0 spiro atoms. The molecule has 0 unspecified atom stereocenters. The average Bonchev–Trinajstić information content (AvgIpc) is 2.23. The van der Waals surface area contributed by atoms with Crippen LogP contribution in [0.15, 0.2) is 13.2 Å². The molecule has 0 bridgehead atoms. The second-order valence-corrected chi connectivity index (χ2v) is 1.46. The van der Waals surface area contributed by atoms with Gasteiger partial charge in [0.2, 0.25) is 0 Å². The topological polar surface area (TPSA) is 12.0 Å². The van der Waals surface area contributed by atoms with Gasteiger partial charge in [0.25, 0.3) is 0 Å². The van der Waals surface area contributed by atoms with Crippen molar-refractivity contribution in [2.45, 2.75) is 12.8 Å². The van der Waals surface area contributed by atoms with Crippen molar-refractivity contribution in [1.29, 1.82) is 0 Å². The molecule has 2 heteroatoms. The third-order valence-corrected chi connectivity index (χ3v) is 0.957. The van der Waals surface area contributed by atoms with E-state index in [2.05, 4.69) is 18.5 Å². The van der Waals surface area contributed by atoms with Crippen molar-refractivity contribution in [3.8, 4) is 0 Å². The molecule has 1 fully saturated rings. The summed E-state index contributed by atoms with van der Waals surface area (Å²) in [7, 11) is 0. The SMILES string of the molecule is C1CCNC1.C=C.[Cu]. The second kappa shape index (κ2) is 10.3. The maximum absolute atomic E-state index is 3.22. The summed E-state index contributed by atoms with van der Waals surface area (Å²) in [6.07, 6.45) is 2.78. The van der Waals surface area contributed by atoms with Crippen LogP contribution < -0.4 is 5.32 Å². The Kier molecular flexibility index (Phi) is 14.2. The van der Waals surface area contributed by atoms with Crippen LogP contribution in [-0.2, 0) is 17.1 Å². The first-order valence-corrected chi connectivity index (χ1v) is 2.71. The van der Waals surface area contributed by atoms with E-state index in [0.29, 0.717) is 0 Å². The molecule has 53 valence electrons. The van der Waals surface area contributed by atoms with Crippen LogP contribution in [0.5, 0.6) is 0 Å². The Hall–Kier alpha value is 0.219. The maximum atomic E-state index is 3.22. The summed E-state index contributed by atoms with van der Waals surface area (Å²) in [5, 5.41) is 3.22. The largest absolute Gasteiger partial charge is 0.317 e. The van der Waals surface area contributed by atoms with Crippen molar-refractivity contribution in [2.75, 3.05) is 13.1 Å². The summed E-state index contributed by atoms with van der Waals surface area (Å²) in [6.45, 7) is 8.50. The first-order chi connectivity index (χ1) is 3.50. The Morgan fingerprint density at radius 2 is 1.38 bits per heavy atom. The molecule has 1 N–H and O–H groups in total. The van der Waals surface area contributed by atoms with Crippen molar-refractivity contribution in [2.24, 2.45) is 0 Å². The monoisotopic (exact) mass is 162 g/mol. The van der Waals surface area contributed by atoms with E-state index in [4.69, 9.17) is 0 Å². The van der Waals surface area contributed by atoms with Gasteiger partial charge in [-0.3, -0.25) is 0 Å². The number of hydrogen-bond donors (Lipinski definition) is 1. The normalized spacial score (nSPS) is 15.5. The molecule has 1 saturated heterocycles. The standard InChI is InChI=1S/C4H9N.C2H4.Cu/c1-2-4-5-3-1;1-2;/h5H,1-4H2;1-2H2;. The molecular formula is C6H13CuN. The summed E-state index contributed by atoms with van der Waals surface area (Å²) in [5.41, 5.74) is 0. The van der Waals surface area contributed by atoms with Crippen molar-refractivity contribution in [3.63, 3.8) is 0 Å². The van der Waals surface area contributed by atoms with Crippen molar-refractivity contribution in [1.82, 2.24) is 5.32 Å². The van der Waals surface area contributed by atoms with Crippen LogP contribution in [0.2, 0.25) is 0 Å². The molecule has 1 aliphatic heterocycles. The fourth-order valence-electron chi connectivity index (χ4n) is 0.625. The Bertz CT molecular complexity index is 27.9. The first-order valence-electron chi connectivity index (χ1n) is 2.71. The molecular weight excluding hydrogens is 150 g/mol. The molecule has 0 atom stereocenters. The Morgan fingerprint density at radius 1 is 1.00 bits per heavy atom. The third-order valence-electron chi connectivity index (χ3n) is 0.957. The fraction of sp³-hybridized carbons (Fsp3) is 0.667. The van der Waals surface area contributed by atoms with E-state index in [1.54, 1.807) is 0 Å². The van der Waals surface area contributed by atoms with Gasteiger partial charge < -0.3 is 5.32 Å². The number of nitrogens with one attached hydrogen (secondary N) is 1. The van der Waals surface area contributed by atoms with Gasteiger partial charge in [-0.2, -0.15) is 0 Å². The van der Waals surface area contributed by atoms with Crippen LogP contribution in [0.4, 0.5) is 0 Å². The summed E-state index contributed by atoms with van der Waals surface area (Å²) in [5.74, 6) is 0. The quantitative estimate of drug-likeness (QED) is 0.417. The summed E-state index contributed by atoms with van der Waals surface area (Å²) < 4.78 is 0. The first kappa shape index (κ1) is 11.1. The molecule has 0 aliphatic carbocycles. The molecule has 1 nitrogen and oxygen atoms in total. The van der Waals surface area contributed by atoms with Crippen molar-refractivity contribution < 1.29 is 17.1 Å². The molecule has 8 heavy (non-hydrogen) atoms.